The quantitative estimate of drug-likeness (QED) is 0.830. The summed E-state index contributed by atoms with van der Waals surface area (Å²) in [4.78, 5) is 12.2. The van der Waals surface area contributed by atoms with Gasteiger partial charge in [-0.3, -0.25) is 4.79 Å². The number of benzene rings is 2. The lowest BCUT2D eigenvalue weighted by atomic mass is 9.87. The molecule has 1 fully saturated rings. The van der Waals surface area contributed by atoms with Gasteiger partial charge in [-0.1, -0.05) is 12.1 Å². The molecule has 1 amide bonds. The highest BCUT2D eigenvalue weighted by atomic mass is 19.1. The first-order chi connectivity index (χ1) is 12.0. The standard InChI is InChI=1S/C21H19FN2O/c1-13(18-7-4-8-24-21(18)25)19-9-15(12-23)10-20(14(19)2)16-5-3-6-17(22)11-16/h3,5-6,9-11H,4,7-8H2,1-2H3,(H,24,25)/b18-13+. The molecule has 1 heterocycles. The number of hydrogen-bond acceptors (Lipinski definition) is 2. The van der Waals surface area contributed by atoms with E-state index in [4.69, 9.17) is 0 Å². The number of amides is 1. The van der Waals surface area contributed by atoms with Gasteiger partial charge < -0.3 is 5.32 Å². The van der Waals surface area contributed by atoms with Crippen molar-refractivity contribution in [2.75, 3.05) is 6.54 Å². The third-order valence-electron chi connectivity index (χ3n) is 4.69. The van der Waals surface area contributed by atoms with Crippen molar-refractivity contribution >= 4 is 11.5 Å². The van der Waals surface area contributed by atoms with Crippen LogP contribution < -0.4 is 5.32 Å². The van der Waals surface area contributed by atoms with Gasteiger partial charge in [-0.05, 0) is 78.8 Å². The van der Waals surface area contributed by atoms with E-state index in [1.807, 2.05) is 26.0 Å². The number of rotatable bonds is 2. The Balaban J connectivity index is 2.21. The van der Waals surface area contributed by atoms with Crippen molar-refractivity contribution in [1.82, 2.24) is 5.32 Å². The maximum atomic E-state index is 13.6. The molecule has 2 aromatic carbocycles. The molecule has 1 N–H and O–H groups in total. The molecule has 3 rings (SSSR count). The molecule has 1 aliphatic rings. The largest absolute Gasteiger partial charge is 0.352 e. The second-order valence-electron chi connectivity index (χ2n) is 6.28. The lowest BCUT2D eigenvalue weighted by molar-refractivity contribution is -0.118. The zero-order valence-corrected chi connectivity index (χ0v) is 14.3. The minimum atomic E-state index is -0.317. The Kier molecular flexibility index (Phi) is 4.67. The van der Waals surface area contributed by atoms with E-state index in [1.165, 1.54) is 12.1 Å². The molecule has 2 aromatic rings. The number of hydrogen-bond donors (Lipinski definition) is 1. The summed E-state index contributed by atoms with van der Waals surface area (Å²) in [5, 5.41) is 12.3. The van der Waals surface area contributed by atoms with Crippen LogP contribution in [0.25, 0.3) is 16.7 Å². The lowest BCUT2D eigenvalue weighted by Crippen LogP contribution is -2.31. The Bertz CT molecular complexity index is 922. The van der Waals surface area contributed by atoms with Gasteiger partial charge in [0.2, 0.25) is 5.91 Å². The van der Waals surface area contributed by atoms with E-state index in [0.29, 0.717) is 12.1 Å². The first kappa shape index (κ1) is 16.9. The van der Waals surface area contributed by atoms with Gasteiger partial charge in [0.15, 0.2) is 0 Å². The van der Waals surface area contributed by atoms with Crippen LogP contribution in [-0.2, 0) is 4.79 Å². The smallest absolute Gasteiger partial charge is 0.247 e. The summed E-state index contributed by atoms with van der Waals surface area (Å²) >= 11 is 0. The highest BCUT2D eigenvalue weighted by molar-refractivity contribution is 6.02. The van der Waals surface area contributed by atoms with Crippen LogP contribution >= 0.6 is 0 Å². The second kappa shape index (κ2) is 6.90. The summed E-state index contributed by atoms with van der Waals surface area (Å²) in [5.74, 6) is -0.361. The van der Waals surface area contributed by atoms with Crippen LogP contribution in [0.1, 0.15) is 36.5 Å². The Morgan fingerprint density at radius 3 is 2.76 bits per heavy atom. The fraction of sp³-hybridized carbons (Fsp3) is 0.238. The molecule has 0 spiro atoms. The molecule has 0 bridgehead atoms. The van der Waals surface area contributed by atoms with E-state index < -0.39 is 0 Å². The van der Waals surface area contributed by atoms with E-state index in [2.05, 4.69) is 11.4 Å². The molecule has 0 saturated carbocycles. The lowest BCUT2D eigenvalue weighted by Gasteiger charge is -2.20. The Labute approximate surface area is 146 Å². The third-order valence-corrected chi connectivity index (χ3v) is 4.69. The minimum Gasteiger partial charge on any atom is -0.352 e. The number of allylic oxidation sites excluding steroid dienone is 1. The SMILES string of the molecule is C/C(=C1/CCCNC1=O)c1cc(C#N)cc(-c2cccc(F)c2)c1C. The second-order valence-corrected chi connectivity index (χ2v) is 6.28. The summed E-state index contributed by atoms with van der Waals surface area (Å²) in [6.07, 6.45) is 1.63. The van der Waals surface area contributed by atoms with E-state index in [1.54, 1.807) is 12.1 Å². The zero-order chi connectivity index (χ0) is 18.0. The molecule has 25 heavy (non-hydrogen) atoms. The van der Waals surface area contributed by atoms with Gasteiger partial charge in [0, 0.05) is 12.1 Å². The van der Waals surface area contributed by atoms with E-state index in [9.17, 15) is 14.4 Å². The van der Waals surface area contributed by atoms with Crippen LogP contribution in [0.2, 0.25) is 0 Å². The summed E-state index contributed by atoms with van der Waals surface area (Å²) in [6, 6.07) is 12.1. The number of piperidine rings is 1. The monoisotopic (exact) mass is 334 g/mol. The normalized spacial score (nSPS) is 16.2. The highest BCUT2D eigenvalue weighted by Gasteiger charge is 2.20. The average Bonchev–Trinajstić information content (AvgIpc) is 2.62. The third kappa shape index (κ3) is 3.32. The van der Waals surface area contributed by atoms with Gasteiger partial charge in [0.1, 0.15) is 5.82 Å². The Morgan fingerprint density at radius 1 is 1.28 bits per heavy atom. The molecule has 0 aliphatic carbocycles. The molecule has 1 saturated heterocycles. The van der Waals surface area contributed by atoms with Gasteiger partial charge in [0.05, 0.1) is 11.6 Å². The number of carbonyl (C=O) groups excluding carboxylic acids is 1. The van der Waals surface area contributed by atoms with Crippen LogP contribution in [0.3, 0.4) is 0 Å². The summed E-state index contributed by atoms with van der Waals surface area (Å²) in [5.41, 5.74) is 5.47. The van der Waals surface area contributed by atoms with Gasteiger partial charge >= 0.3 is 0 Å². The summed E-state index contributed by atoms with van der Waals surface area (Å²) in [6.45, 7) is 4.56. The fourth-order valence-electron chi connectivity index (χ4n) is 3.33. The average molecular weight is 334 g/mol. The molecule has 0 radical (unpaired) electrons. The predicted molar refractivity (Wildman–Crippen MR) is 96.1 cm³/mol. The summed E-state index contributed by atoms with van der Waals surface area (Å²) < 4.78 is 13.6. The van der Waals surface area contributed by atoms with Crippen LogP contribution in [0.4, 0.5) is 4.39 Å². The van der Waals surface area contributed by atoms with Crippen LogP contribution in [-0.4, -0.2) is 12.5 Å². The van der Waals surface area contributed by atoms with Crippen molar-refractivity contribution in [1.29, 1.82) is 5.26 Å². The van der Waals surface area contributed by atoms with Crippen molar-refractivity contribution in [3.05, 3.63) is 64.5 Å². The molecule has 3 nitrogen and oxygen atoms in total. The highest BCUT2D eigenvalue weighted by Crippen LogP contribution is 2.33. The number of carbonyl (C=O) groups is 1. The van der Waals surface area contributed by atoms with Gasteiger partial charge in [-0.25, -0.2) is 4.39 Å². The Morgan fingerprint density at radius 2 is 2.08 bits per heavy atom. The maximum absolute atomic E-state index is 13.6. The van der Waals surface area contributed by atoms with Crippen molar-refractivity contribution in [2.24, 2.45) is 0 Å². The maximum Gasteiger partial charge on any atom is 0.247 e. The van der Waals surface area contributed by atoms with Crippen molar-refractivity contribution in [3.63, 3.8) is 0 Å². The number of nitrogens with zero attached hydrogens (tertiary/aromatic N) is 1. The van der Waals surface area contributed by atoms with E-state index in [-0.39, 0.29) is 11.7 Å². The van der Waals surface area contributed by atoms with Crippen molar-refractivity contribution < 1.29 is 9.18 Å². The van der Waals surface area contributed by atoms with Crippen LogP contribution in [0.5, 0.6) is 0 Å². The molecule has 0 atom stereocenters. The molecule has 0 aromatic heterocycles. The minimum absolute atomic E-state index is 0.0437. The fourth-order valence-corrected chi connectivity index (χ4v) is 3.33. The van der Waals surface area contributed by atoms with Crippen LogP contribution in [0, 0.1) is 24.1 Å². The Hall–Kier alpha value is -2.93. The topological polar surface area (TPSA) is 52.9 Å². The van der Waals surface area contributed by atoms with E-state index in [0.717, 1.165) is 46.2 Å². The number of nitriles is 1. The van der Waals surface area contributed by atoms with Crippen molar-refractivity contribution in [2.45, 2.75) is 26.7 Å². The molecular weight excluding hydrogens is 315 g/mol. The molecular formula is C21H19FN2O. The predicted octanol–water partition coefficient (Wildman–Crippen LogP) is 4.36. The zero-order valence-electron chi connectivity index (χ0n) is 14.3. The summed E-state index contributed by atoms with van der Waals surface area (Å²) in [7, 11) is 0. The van der Waals surface area contributed by atoms with Crippen LogP contribution in [0.15, 0.2) is 42.0 Å². The molecule has 126 valence electrons. The van der Waals surface area contributed by atoms with E-state index >= 15 is 0 Å². The van der Waals surface area contributed by atoms with Gasteiger partial charge in [-0.2, -0.15) is 5.26 Å². The first-order valence-electron chi connectivity index (χ1n) is 8.30. The molecule has 4 heteroatoms. The van der Waals surface area contributed by atoms with Gasteiger partial charge in [-0.15, -0.1) is 0 Å². The first-order valence-corrected chi connectivity index (χ1v) is 8.30. The number of halogens is 1. The van der Waals surface area contributed by atoms with Gasteiger partial charge in [0.25, 0.3) is 0 Å². The van der Waals surface area contributed by atoms with Crippen molar-refractivity contribution in [3.8, 4) is 17.2 Å². The molecule has 0 unspecified atom stereocenters. The molecule has 1 aliphatic heterocycles. The number of nitrogens with one attached hydrogen (secondary N) is 1.